The summed E-state index contributed by atoms with van der Waals surface area (Å²) in [6, 6.07) is 12.8. The number of carbonyl (C=O) groups is 1. The van der Waals surface area contributed by atoms with Gasteiger partial charge in [-0.2, -0.15) is 0 Å². The van der Waals surface area contributed by atoms with Gasteiger partial charge in [-0.1, -0.05) is 36.3 Å². The SMILES string of the molecule is Cc1ccccc1C(C)(C#Cc1ccccn1)C(=O)O. The van der Waals surface area contributed by atoms with Gasteiger partial charge < -0.3 is 5.11 Å². The number of aromatic nitrogens is 1. The van der Waals surface area contributed by atoms with E-state index < -0.39 is 11.4 Å². The number of hydrogen-bond donors (Lipinski definition) is 1. The number of aliphatic carboxylic acids is 1. The Morgan fingerprint density at radius 1 is 1.20 bits per heavy atom. The van der Waals surface area contributed by atoms with E-state index in [2.05, 4.69) is 16.8 Å². The Morgan fingerprint density at radius 2 is 1.90 bits per heavy atom. The van der Waals surface area contributed by atoms with Gasteiger partial charge in [0.2, 0.25) is 0 Å². The van der Waals surface area contributed by atoms with Crippen molar-refractivity contribution in [1.82, 2.24) is 4.98 Å². The molecule has 0 fully saturated rings. The number of carboxylic acid groups (broad SMARTS) is 1. The second-order valence-electron chi connectivity index (χ2n) is 4.71. The molecule has 1 atom stereocenters. The Bertz CT molecular complexity index is 683. The average molecular weight is 265 g/mol. The second-order valence-corrected chi connectivity index (χ2v) is 4.71. The predicted molar refractivity (Wildman–Crippen MR) is 77.3 cm³/mol. The Balaban J connectivity index is 2.50. The maximum Gasteiger partial charge on any atom is 0.326 e. The molecule has 1 aromatic carbocycles. The monoisotopic (exact) mass is 265 g/mol. The molecule has 0 saturated heterocycles. The van der Waals surface area contributed by atoms with Gasteiger partial charge in [0.25, 0.3) is 0 Å². The van der Waals surface area contributed by atoms with E-state index >= 15 is 0 Å². The zero-order valence-corrected chi connectivity index (χ0v) is 11.4. The van der Waals surface area contributed by atoms with Crippen LogP contribution in [0.3, 0.4) is 0 Å². The van der Waals surface area contributed by atoms with Crippen molar-refractivity contribution in [3.05, 3.63) is 65.5 Å². The summed E-state index contributed by atoms with van der Waals surface area (Å²) in [7, 11) is 0. The first kappa shape index (κ1) is 13.8. The van der Waals surface area contributed by atoms with Crippen molar-refractivity contribution in [2.45, 2.75) is 19.3 Å². The van der Waals surface area contributed by atoms with Crippen molar-refractivity contribution in [2.75, 3.05) is 0 Å². The summed E-state index contributed by atoms with van der Waals surface area (Å²) in [5.41, 5.74) is 0.931. The van der Waals surface area contributed by atoms with E-state index in [4.69, 9.17) is 0 Å². The Kier molecular flexibility index (Phi) is 3.86. The van der Waals surface area contributed by atoms with E-state index in [0.717, 1.165) is 5.56 Å². The molecule has 2 rings (SSSR count). The molecule has 3 nitrogen and oxygen atoms in total. The largest absolute Gasteiger partial charge is 0.480 e. The fraction of sp³-hybridized carbons (Fsp3) is 0.176. The summed E-state index contributed by atoms with van der Waals surface area (Å²) in [5.74, 6) is 4.74. The molecule has 0 amide bonds. The van der Waals surface area contributed by atoms with Crippen LogP contribution in [-0.2, 0) is 10.2 Å². The topological polar surface area (TPSA) is 50.2 Å². The van der Waals surface area contributed by atoms with Crippen LogP contribution >= 0.6 is 0 Å². The molecule has 100 valence electrons. The maximum atomic E-state index is 11.7. The van der Waals surface area contributed by atoms with E-state index in [0.29, 0.717) is 11.3 Å². The molecule has 2 aromatic rings. The molecule has 0 saturated carbocycles. The highest BCUT2D eigenvalue weighted by Crippen LogP contribution is 2.26. The first-order chi connectivity index (χ1) is 9.54. The lowest BCUT2D eigenvalue weighted by Gasteiger charge is -2.20. The molecule has 0 aliphatic rings. The van der Waals surface area contributed by atoms with Crippen molar-refractivity contribution < 1.29 is 9.90 Å². The number of benzene rings is 1. The summed E-state index contributed by atoms with van der Waals surface area (Å²) in [6.07, 6.45) is 1.63. The van der Waals surface area contributed by atoms with Crippen LogP contribution in [-0.4, -0.2) is 16.1 Å². The van der Waals surface area contributed by atoms with Crippen molar-refractivity contribution in [3.8, 4) is 11.8 Å². The molecule has 3 heteroatoms. The fourth-order valence-electron chi connectivity index (χ4n) is 2.00. The zero-order valence-electron chi connectivity index (χ0n) is 11.4. The summed E-state index contributed by atoms with van der Waals surface area (Å²) in [5, 5.41) is 9.57. The van der Waals surface area contributed by atoms with Gasteiger partial charge in [-0.15, -0.1) is 0 Å². The lowest BCUT2D eigenvalue weighted by atomic mass is 9.80. The molecule has 1 heterocycles. The highest BCUT2D eigenvalue weighted by atomic mass is 16.4. The summed E-state index contributed by atoms with van der Waals surface area (Å²) < 4.78 is 0. The molecule has 20 heavy (non-hydrogen) atoms. The van der Waals surface area contributed by atoms with Crippen LogP contribution in [0.5, 0.6) is 0 Å². The van der Waals surface area contributed by atoms with Crippen LogP contribution in [0.1, 0.15) is 23.7 Å². The first-order valence-corrected chi connectivity index (χ1v) is 6.28. The van der Waals surface area contributed by atoms with Gasteiger partial charge in [0.15, 0.2) is 5.41 Å². The van der Waals surface area contributed by atoms with E-state index in [1.807, 2.05) is 31.2 Å². The number of hydrogen-bond acceptors (Lipinski definition) is 2. The molecule has 0 aliphatic carbocycles. The van der Waals surface area contributed by atoms with Crippen molar-refractivity contribution in [2.24, 2.45) is 0 Å². The quantitative estimate of drug-likeness (QED) is 0.849. The second kappa shape index (κ2) is 5.58. The van der Waals surface area contributed by atoms with E-state index in [1.165, 1.54) is 0 Å². The third-order valence-electron chi connectivity index (χ3n) is 3.22. The van der Waals surface area contributed by atoms with Crippen molar-refractivity contribution >= 4 is 5.97 Å². The highest BCUT2D eigenvalue weighted by Gasteiger charge is 2.34. The van der Waals surface area contributed by atoms with Gasteiger partial charge >= 0.3 is 5.97 Å². The van der Waals surface area contributed by atoms with E-state index in [-0.39, 0.29) is 0 Å². The molecule has 0 bridgehead atoms. The van der Waals surface area contributed by atoms with Gasteiger partial charge in [0.1, 0.15) is 5.69 Å². The third-order valence-corrected chi connectivity index (χ3v) is 3.22. The van der Waals surface area contributed by atoms with Crippen LogP contribution in [0.2, 0.25) is 0 Å². The van der Waals surface area contributed by atoms with Gasteiger partial charge in [0, 0.05) is 6.20 Å². The number of nitrogens with zero attached hydrogens (tertiary/aromatic N) is 1. The first-order valence-electron chi connectivity index (χ1n) is 6.28. The summed E-state index contributed by atoms with van der Waals surface area (Å²) >= 11 is 0. The molecule has 0 radical (unpaired) electrons. The molecule has 0 aliphatic heterocycles. The summed E-state index contributed by atoms with van der Waals surface area (Å²) in [6.45, 7) is 3.51. The van der Waals surface area contributed by atoms with Gasteiger partial charge in [-0.05, 0) is 43.0 Å². The molecule has 1 unspecified atom stereocenters. The van der Waals surface area contributed by atoms with Crippen LogP contribution in [0, 0.1) is 18.8 Å². The van der Waals surface area contributed by atoms with Crippen molar-refractivity contribution in [1.29, 1.82) is 0 Å². The zero-order chi connectivity index (χ0) is 14.6. The molecular weight excluding hydrogens is 250 g/mol. The molecule has 1 N–H and O–H groups in total. The lowest BCUT2D eigenvalue weighted by Crippen LogP contribution is -2.31. The maximum absolute atomic E-state index is 11.7. The van der Waals surface area contributed by atoms with E-state index in [1.54, 1.807) is 31.3 Å². The number of rotatable bonds is 2. The number of pyridine rings is 1. The van der Waals surface area contributed by atoms with Gasteiger partial charge in [0.05, 0.1) is 0 Å². The van der Waals surface area contributed by atoms with Crippen LogP contribution < -0.4 is 0 Å². The predicted octanol–water partition coefficient (Wildman–Crippen LogP) is 2.78. The van der Waals surface area contributed by atoms with E-state index in [9.17, 15) is 9.90 Å². The molecular formula is C17H15NO2. The van der Waals surface area contributed by atoms with Crippen LogP contribution in [0.15, 0.2) is 48.7 Å². The molecule has 1 aromatic heterocycles. The number of carboxylic acids is 1. The third kappa shape index (κ3) is 2.70. The van der Waals surface area contributed by atoms with Gasteiger partial charge in [-0.3, -0.25) is 4.79 Å². The average Bonchev–Trinajstić information content (AvgIpc) is 2.46. The lowest BCUT2D eigenvalue weighted by molar-refractivity contribution is -0.140. The molecule has 0 spiro atoms. The Hall–Kier alpha value is -2.60. The minimum absolute atomic E-state index is 0.563. The smallest absolute Gasteiger partial charge is 0.326 e. The van der Waals surface area contributed by atoms with Crippen molar-refractivity contribution in [3.63, 3.8) is 0 Å². The van der Waals surface area contributed by atoms with Crippen LogP contribution in [0.4, 0.5) is 0 Å². The fourth-order valence-corrected chi connectivity index (χ4v) is 2.00. The van der Waals surface area contributed by atoms with Gasteiger partial charge in [-0.25, -0.2) is 4.98 Å². The normalized spacial score (nSPS) is 12.9. The minimum atomic E-state index is -1.25. The summed E-state index contributed by atoms with van der Waals surface area (Å²) in [4.78, 5) is 15.8. The Morgan fingerprint density at radius 3 is 2.50 bits per heavy atom. The standard InChI is InChI=1S/C17H15NO2/c1-13-7-3-4-9-15(13)17(2,16(19)20)11-10-14-8-5-6-12-18-14/h3-9,12H,1-2H3,(H,19,20). The Labute approximate surface area is 118 Å². The number of aryl methyl sites for hydroxylation is 1. The highest BCUT2D eigenvalue weighted by molar-refractivity contribution is 5.86. The van der Waals surface area contributed by atoms with Crippen LogP contribution in [0.25, 0.3) is 0 Å². The minimum Gasteiger partial charge on any atom is -0.480 e.